The molecular weight excluding hydrogens is 210 g/mol. The number of aromatic nitrogens is 2. The van der Waals surface area contributed by atoms with E-state index in [0.717, 1.165) is 11.1 Å². The number of alkyl carbamates (subject to hydrolysis) is 1. The standard InChI is InChI=1S/C10H11N3O3/c1-11-10(15)16-5-6-2-3-7-8(4-6)13-9(14)12-7/h2-4H,5H2,1H3,(H,11,15)(H2,12,13,14). The summed E-state index contributed by atoms with van der Waals surface area (Å²) >= 11 is 0. The summed E-state index contributed by atoms with van der Waals surface area (Å²) in [5.74, 6) is 0. The summed E-state index contributed by atoms with van der Waals surface area (Å²) in [6, 6.07) is 5.31. The second-order valence-electron chi connectivity index (χ2n) is 3.29. The minimum Gasteiger partial charge on any atom is -0.445 e. The highest BCUT2D eigenvalue weighted by Crippen LogP contribution is 2.10. The van der Waals surface area contributed by atoms with E-state index in [1.165, 1.54) is 7.05 Å². The van der Waals surface area contributed by atoms with Gasteiger partial charge in [0.15, 0.2) is 0 Å². The summed E-state index contributed by atoms with van der Waals surface area (Å²) in [4.78, 5) is 27.1. The van der Waals surface area contributed by atoms with Crippen LogP contribution in [0.2, 0.25) is 0 Å². The fourth-order valence-electron chi connectivity index (χ4n) is 1.39. The van der Waals surface area contributed by atoms with Crippen molar-refractivity contribution in [1.82, 2.24) is 15.3 Å². The van der Waals surface area contributed by atoms with E-state index in [1.54, 1.807) is 18.2 Å². The first-order chi connectivity index (χ1) is 7.69. The van der Waals surface area contributed by atoms with Crippen molar-refractivity contribution in [3.8, 4) is 0 Å². The van der Waals surface area contributed by atoms with Crippen molar-refractivity contribution >= 4 is 17.1 Å². The maximum absolute atomic E-state index is 11.0. The maximum Gasteiger partial charge on any atom is 0.407 e. The zero-order valence-electron chi connectivity index (χ0n) is 8.66. The van der Waals surface area contributed by atoms with Gasteiger partial charge in [0.1, 0.15) is 6.61 Å². The molecule has 3 N–H and O–H groups in total. The Morgan fingerprint density at radius 3 is 2.88 bits per heavy atom. The molecule has 1 aromatic heterocycles. The first-order valence-corrected chi connectivity index (χ1v) is 4.74. The molecule has 1 heterocycles. The molecule has 16 heavy (non-hydrogen) atoms. The van der Waals surface area contributed by atoms with Crippen LogP contribution in [0.1, 0.15) is 5.56 Å². The van der Waals surface area contributed by atoms with Crippen LogP contribution in [0.25, 0.3) is 11.0 Å². The van der Waals surface area contributed by atoms with E-state index in [-0.39, 0.29) is 12.3 Å². The number of fused-ring (bicyclic) bond motifs is 1. The van der Waals surface area contributed by atoms with E-state index in [4.69, 9.17) is 4.74 Å². The van der Waals surface area contributed by atoms with Crippen LogP contribution in [0, 0.1) is 0 Å². The smallest absolute Gasteiger partial charge is 0.407 e. The molecule has 0 atom stereocenters. The van der Waals surface area contributed by atoms with Gasteiger partial charge in [0.25, 0.3) is 0 Å². The van der Waals surface area contributed by atoms with Gasteiger partial charge < -0.3 is 20.0 Å². The Kier molecular flexibility index (Phi) is 2.63. The fourth-order valence-corrected chi connectivity index (χ4v) is 1.39. The van der Waals surface area contributed by atoms with Crippen molar-refractivity contribution in [2.24, 2.45) is 0 Å². The molecule has 0 unspecified atom stereocenters. The minimum absolute atomic E-state index is 0.169. The molecule has 2 rings (SSSR count). The first kappa shape index (κ1) is 10.3. The van der Waals surface area contributed by atoms with Gasteiger partial charge in [-0.05, 0) is 17.7 Å². The molecule has 1 amide bonds. The number of ether oxygens (including phenoxy) is 1. The Balaban J connectivity index is 2.19. The van der Waals surface area contributed by atoms with Gasteiger partial charge in [0.05, 0.1) is 11.0 Å². The molecule has 6 nitrogen and oxygen atoms in total. The Morgan fingerprint density at radius 1 is 1.38 bits per heavy atom. The van der Waals surface area contributed by atoms with Crippen LogP contribution in [-0.4, -0.2) is 23.1 Å². The Bertz CT molecular complexity index is 570. The molecule has 0 saturated heterocycles. The lowest BCUT2D eigenvalue weighted by molar-refractivity contribution is 0.142. The number of H-pyrrole nitrogens is 2. The average molecular weight is 221 g/mol. The average Bonchev–Trinajstić information content (AvgIpc) is 2.65. The number of benzene rings is 1. The van der Waals surface area contributed by atoms with Crippen LogP contribution in [0.5, 0.6) is 0 Å². The largest absolute Gasteiger partial charge is 0.445 e. The summed E-state index contributed by atoms with van der Waals surface area (Å²) in [7, 11) is 1.50. The van der Waals surface area contributed by atoms with Crippen molar-refractivity contribution in [2.45, 2.75) is 6.61 Å². The number of aromatic amines is 2. The minimum atomic E-state index is -0.484. The predicted octanol–water partition coefficient (Wildman–Crippen LogP) is 0.712. The number of rotatable bonds is 2. The molecule has 0 aliphatic rings. The lowest BCUT2D eigenvalue weighted by Gasteiger charge is -2.03. The first-order valence-electron chi connectivity index (χ1n) is 4.74. The van der Waals surface area contributed by atoms with Crippen LogP contribution in [0.4, 0.5) is 4.79 Å². The Morgan fingerprint density at radius 2 is 2.12 bits per heavy atom. The molecule has 0 radical (unpaired) electrons. The SMILES string of the molecule is CNC(=O)OCc1ccc2[nH]c(=O)[nH]c2c1. The summed E-state index contributed by atoms with van der Waals surface area (Å²) < 4.78 is 4.88. The van der Waals surface area contributed by atoms with Crippen molar-refractivity contribution in [1.29, 1.82) is 0 Å². The van der Waals surface area contributed by atoms with Gasteiger partial charge in [0, 0.05) is 7.05 Å². The van der Waals surface area contributed by atoms with Crippen molar-refractivity contribution in [3.63, 3.8) is 0 Å². The monoisotopic (exact) mass is 221 g/mol. The molecular formula is C10H11N3O3. The summed E-state index contributed by atoms with van der Waals surface area (Å²) in [6.45, 7) is 0.169. The third-order valence-electron chi connectivity index (χ3n) is 2.15. The summed E-state index contributed by atoms with van der Waals surface area (Å²) in [6.07, 6.45) is -0.484. The number of carbonyl (C=O) groups is 1. The lowest BCUT2D eigenvalue weighted by Crippen LogP contribution is -2.18. The van der Waals surface area contributed by atoms with Gasteiger partial charge in [-0.3, -0.25) is 0 Å². The summed E-state index contributed by atoms with van der Waals surface area (Å²) in [5.41, 5.74) is 1.99. The number of hydrogen-bond donors (Lipinski definition) is 3. The van der Waals surface area contributed by atoms with E-state index in [0.29, 0.717) is 5.52 Å². The van der Waals surface area contributed by atoms with Crippen LogP contribution < -0.4 is 11.0 Å². The van der Waals surface area contributed by atoms with Crippen molar-refractivity contribution in [3.05, 3.63) is 34.2 Å². The van der Waals surface area contributed by atoms with Crippen molar-refractivity contribution < 1.29 is 9.53 Å². The second kappa shape index (κ2) is 4.09. The highest BCUT2D eigenvalue weighted by Gasteiger charge is 2.02. The molecule has 0 saturated carbocycles. The lowest BCUT2D eigenvalue weighted by atomic mass is 10.2. The van der Waals surface area contributed by atoms with Gasteiger partial charge in [-0.15, -0.1) is 0 Å². The maximum atomic E-state index is 11.0. The van der Waals surface area contributed by atoms with Gasteiger partial charge in [-0.1, -0.05) is 6.07 Å². The number of carbonyl (C=O) groups excluding carboxylic acids is 1. The van der Waals surface area contributed by atoms with Crippen LogP contribution in [0.15, 0.2) is 23.0 Å². The van der Waals surface area contributed by atoms with E-state index in [9.17, 15) is 9.59 Å². The van der Waals surface area contributed by atoms with E-state index < -0.39 is 6.09 Å². The van der Waals surface area contributed by atoms with E-state index >= 15 is 0 Å². The third kappa shape index (κ3) is 2.05. The van der Waals surface area contributed by atoms with E-state index in [1.807, 2.05) is 0 Å². The van der Waals surface area contributed by atoms with Crippen LogP contribution in [-0.2, 0) is 11.3 Å². The normalized spacial score (nSPS) is 10.3. The molecule has 2 aromatic rings. The zero-order chi connectivity index (χ0) is 11.5. The molecule has 0 fully saturated rings. The molecule has 1 aromatic carbocycles. The number of hydrogen-bond acceptors (Lipinski definition) is 3. The molecule has 0 spiro atoms. The predicted molar refractivity (Wildman–Crippen MR) is 58.2 cm³/mol. The number of nitrogens with one attached hydrogen (secondary N) is 3. The molecule has 0 aliphatic heterocycles. The zero-order valence-corrected chi connectivity index (χ0v) is 8.66. The topological polar surface area (TPSA) is 87.0 Å². The highest BCUT2D eigenvalue weighted by molar-refractivity contribution is 5.75. The molecule has 0 bridgehead atoms. The fraction of sp³-hybridized carbons (Fsp3) is 0.200. The third-order valence-corrected chi connectivity index (χ3v) is 2.15. The molecule has 6 heteroatoms. The Labute approximate surface area is 90.6 Å². The number of amides is 1. The summed E-state index contributed by atoms with van der Waals surface area (Å²) in [5, 5.41) is 2.35. The van der Waals surface area contributed by atoms with Gasteiger partial charge in [0.2, 0.25) is 0 Å². The van der Waals surface area contributed by atoms with Gasteiger partial charge in [-0.2, -0.15) is 0 Å². The van der Waals surface area contributed by atoms with Crippen molar-refractivity contribution in [2.75, 3.05) is 7.05 Å². The van der Waals surface area contributed by atoms with Gasteiger partial charge in [-0.25, -0.2) is 9.59 Å². The van der Waals surface area contributed by atoms with Crippen LogP contribution in [0.3, 0.4) is 0 Å². The molecule has 84 valence electrons. The van der Waals surface area contributed by atoms with Gasteiger partial charge >= 0.3 is 11.8 Å². The quantitative estimate of drug-likeness (QED) is 0.698. The van der Waals surface area contributed by atoms with Crippen LogP contribution >= 0.6 is 0 Å². The molecule has 0 aliphatic carbocycles. The highest BCUT2D eigenvalue weighted by atomic mass is 16.5. The Hall–Kier alpha value is -2.24. The second-order valence-corrected chi connectivity index (χ2v) is 3.29. The number of imidazole rings is 1. The van der Waals surface area contributed by atoms with E-state index in [2.05, 4.69) is 15.3 Å².